The summed E-state index contributed by atoms with van der Waals surface area (Å²) in [6.45, 7) is 2.17. The molecule has 0 aliphatic carbocycles. The van der Waals surface area contributed by atoms with Crippen molar-refractivity contribution in [1.82, 2.24) is 5.43 Å². The van der Waals surface area contributed by atoms with Crippen LogP contribution in [0.2, 0.25) is 0 Å². The molecule has 3 rings (SSSR count). The Morgan fingerprint density at radius 3 is 2.39 bits per heavy atom. The van der Waals surface area contributed by atoms with E-state index in [1.807, 2.05) is 37.3 Å². The number of hydrogen-bond donors (Lipinski definition) is 1. The van der Waals surface area contributed by atoms with Crippen molar-refractivity contribution in [3.63, 3.8) is 0 Å². The number of benzene rings is 3. The lowest BCUT2D eigenvalue weighted by atomic mass is 10.1. The van der Waals surface area contributed by atoms with Gasteiger partial charge in [-0.05, 0) is 99.1 Å². The molecule has 0 radical (unpaired) electrons. The van der Waals surface area contributed by atoms with E-state index in [0.29, 0.717) is 12.2 Å². The molecule has 0 saturated heterocycles. The number of hydrogen-bond acceptors (Lipinski definition) is 5. The van der Waals surface area contributed by atoms with Crippen LogP contribution in [0.15, 0.2) is 65.8 Å². The lowest BCUT2D eigenvalue weighted by Gasteiger charge is -2.11. The van der Waals surface area contributed by atoms with Gasteiger partial charge in [0.25, 0.3) is 11.6 Å². The Hall–Kier alpha value is -2.54. The maximum atomic E-state index is 12.2. The molecule has 0 spiro atoms. The van der Waals surface area contributed by atoms with Crippen molar-refractivity contribution in [2.75, 3.05) is 0 Å². The maximum Gasteiger partial charge on any atom is 0.271 e. The molecule has 0 bridgehead atoms. The SMILES string of the molecule is Cc1ccccc1C(=O)N/N=C/c1cc(I)c(OCc2ccc([N+](=O)[O-])cc2)c(I)c1. The highest BCUT2D eigenvalue weighted by Gasteiger charge is 2.11. The number of carbonyl (C=O) groups excluding carboxylic acids is 1. The minimum atomic E-state index is -0.430. The summed E-state index contributed by atoms with van der Waals surface area (Å²) >= 11 is 4.36. The number of non-ortho nitro benzene ring substituents is 1. The lowest BCUT2D eigenvalue weighted by Crippen LogP contribution is -2.18. The van der Waals surface area contributed by atoms with Crippen LogP contribution in [-0.2, 0) is 6.61 Å². The predicted octanol–water partition coefficient (Wildman–Crippen LogP) is 5.46. The van der Waals surface area contributed by atoms with Gasteiger partial charge >= 0.3 is 0 Å². The summed E-state index contributed by atoms with van der Waals surface area (Å²) in [4.78, 5) is 22.6. The molecule has 3 aromatic rings. The predicted molar refractivity (Wildman–Crippen MR) is 136 cm³/mol. The third-order valence-electron chi connectivity index (χ3n) is 4.32. The Morgan fingerprint density at radius 2 is 1.77 bits per heavy atom. The molecule has 3 aromatic carbocycles. The zero-order valence-corrected chi connectivity index (χ0v) is 20.7. The summed E-state index contributed by atoms with van der Waals surface area (Å²) in [5, 5.41) is 14.8. The van der Waals surface area contributed by atoms with Gasteiger partial charge in [-0.3, -0.25) is 14.9 Å². The van der Waals surface area contributed by atoms with Gasteiger partial charge in [-0.25, -0.2) is 5.43 Å². The molecule has 1 N–H and O–H groups in total. The zero-order chi connectivity index (χ0) is 22.4. The summed E-state index contributed by atoms with van der Waals surface area (Å²) in [5.41, 5.74) is 5.72. The van der Waals surface area contributed by atoms with Crippen LogP contribution in [0.5, 0.6) is 5.75 Å². The number of nitro benzene ring substituents is 1. The third kappa shape index (κ3) is 6.23. The van der Waals surface area contributed by atoms with Crippen LogP contribution in [0.3, 0.4) is 0 Å². The monoisotopic (exact) mass is 641 g/mol. The highest BCUT2D eigenvalue weighted by atomic mass is 127. The number of amides is 1. The van der Waals surface area contributed by atoms with E-state index in [4.69, 9.17) is 4.74 Å². The first-order valence-corrected chi connectivity index (χ1v) is 11.2. The van der Waals surface area contributed by atoms with Crippen molar-refractivity contribution in [2.24, 2.45) is 5.10 Å². The molecule has 31 heavy (non-hydrogen) atoms. The van der Waals surface area contributed by atoms with Crippen molar-refractivity contribution in [3.05, 3.63) is 100 Å². The Labute approximate surface area is 206 Å². The molecule has 0 fully saturated rings. The van der Waals surface area contributed by atoms with E-state index in [1.54, 1.807) is 24.4 Å². The summed E-state index contributed by atoms with van der Waals surface area (Å²) < 4.78 is 7.70. The fourth-order valence-corrected chi connectivity index (χ4v) is 4.84. The van der Waals surface area contributed by atoms with Crippen molar-refractivity contribution >= 4 is 63.0 Å². The average molecular weight is 641 g/mol. The van der Waals surface area contributed by atoms with Crippen LogP contribution in [0.25, 0.3) is 0 Å². The van der Waals surface area contributed by atoms with E-state index in [-0.39, 0.29) is 11.6 Å². The highest BCUT2D eigenvalue weighted by molar-refractivity contribution is 14.1. The van der Waals surface area contributed by atoms with Gasteiger partial charge in [-0.2, -0.15) is 5.10 Å². The van der Waals surface area contributed by atoms with Crippen LogP contribution in [-0.4, -0.2) is 17.0 Å². The fraction of sp³-hybridized carbons (Fsp3) is 0.0909. The van der Waals surface area contributed by atoms with E-state index in [0.717, 1.165) is 29.6 Å². The van der Waals surface area contributed by atoms with Gasteiger partial charge in [0.05, 0.1) is 18.3 Å². The molecular formula is C22H17I2N3O4. The minimum Gasteiger partial charge on any atom is -0.487 e. The molecule has 1 amide bonds. The van der Waals surface area contributed by atoms with Crippen LogP contribution in [0, 0.1) is 24.2 Å². The number of nitrogens with zero attached hydrogens (tertiary/aromatic N) is 2. The van der Waals surface area contributed by atoms with Gasteiger partial charge in [-0.1, -0.05) is 18.2 Å². The molecular weight excluding hydrogens is 624 g/mol. The number of aryl methyl sites for hydroxylation is 1. The number of nitro groups is 1. The number of hydrazone groups is 1. The number of rotatable bonds is 7. The van der Waals surface area contributed by atoms with E-state index in [9.17, 15) is 14.9 Å². The van der Waals surface area contributed by atoms with Crippen molar-refractivity contribution in [3.8, 4) is 5.75 Å². The van der Waals surface area contributed by atoms with Crippen LogP contribution in [0.1, 0.15) is 27.0 Å². The standard InChI is InChI=1S/C22H17I2N3O4/c1-14-4-2-3-5-18(14)22(28)26-25-12-16-10-19(23)21(20(24)11-16)31-13-15-6-8-17(9-7-15)27(29)30/h2-12H,13H2,1H3,(H,26,28)/b25-12+. The van der Waals surface area contributed by atoms with E-state index in [2.05, 4.69) is 55.7 Å². The molecule has 0 aliphatic heterocycles. The molecule has 158 valence electrons. The first-order chi connectivity index (χ1) is 14.8. The minimum absolute atomic E-state index is 0.0473. The van der Waals surface area contributed by atoms with Crippen molar-refractivity contribution in [1.29, 1.82) is 0 Å². The quantitative estimate of drug-likeness (QED) is 0.161. The molecule has 0 heterocycles. The van der Waals surface area contributed by atoms with Crippen LogP contribution in [0.4, 0.5) is 5.69 Å². The highest BCUT2D eigenvalue weighted by Crippen LogP contribution is 2.29. The molecule has 0 atom stereocenters. The Kier molecular flexibility index (Phi) is 7.96. The first-order valence-electron chi connectivity index (χ1n) is 9.09. The van der Waals surface area contributed by atoms with E-state index < -0.39 is 4.92 Å². The largest absolute Gasteiger partial charge is 0.487 e. The second-order valence-electron chi connectivity index (χ2n) is 6.54. The molecule has 7 nitrogen and oxygen atoms in total. The van der Waals surface area contributed by atoms with Crippen molar-refractivity contribution in [2.45, 2.75) is 13.5 Å². The smallest absolute Gasteiger partial charge is 0.271 e. The average Bonchev–Trinajstić information content (AvgIpc) is 2.73. The lowest BCUT2D eigenvalue weighted by molar-refractivity contribution is -0.384. The van der Waals surface area contributed by atoms with E-state index >= 15 is 0 Å². The molecule has 0 unspecified atom stereocenters. The normalized spacial score (nSPS) is 10.8. The Balaban J connectivity index is 1.64. The number of halogens is 2. The summed E-state index contributed by atoms with van der Waals surface area (Å²) in [5.74, 6) is 0.461. The topological polar surface area (TPSA) is 93.8 Å². The molecule has 0 saturated carbocycles. The van der Waals surface area contributed by atoms with Gasteiger partial charge < -0.3 is 4.74 Å². The van der Waals surface area contributed by atoms with Crippen molar-refractivity contribution < 1.29 is 14.5 Å². The van der Waals surface area contributed by atoms with Crippen LogP contribution >= 0.6 is 45.2 Å². The van der Waals surface area contributed by atoms with Gasteiger partial charge in [0.15, 0.2) is 0 Å². The summed E-state index contributed by atoms with van der Waals surface area (Å²) in [6, 6.07) is 17.4. The maximum absolute atomic E-state index is 12.2. The van der Waals surface area contributed by atoms with Gasteiger partial charge in [-0.15, -0.1) is 0 Å². The molecule has 0 aromatic heterocycles. The Bertz CT molecular complexity index is 1120. The molecule has 0 aliphatic rings. The molecule has 9 heteroatoms. The number of nitrogens with one attached hydrogen (secondary N) is 1. The zero-order valence-electron chi connectivity index (χ0n) is 16.3. The number of carbonyl (C=O) groups is 1. The second kappa shape index (κ2) is 10.7. The van der Waals surface area contributed by atoms with E-state index in [1.165, 1.54) is 12.1 Å². The summed E-state index contributed by atoms with van der Waals surface area (Å²) in [6.07, 6.45) is 1.58. The fourth-order valence-electron chi connectivity index (χ4n) is 2.71. The van der Waals surface area contributed by atoms with Gasteiger partial charge in [0.1, 0.15) is 12.4 Å². The Morgan fingerprint density at radius 1 is 1.13 bits per heavy atom. The summed E-state index contributed by atoms with van der Waals surface area (Å²) in [7, 11) is 0. The van der Waals surface area contributed by atoms with Gasteiger partial charge in [0.2, 0.25) is 0 Å². The second-order valence-corrected chi connectivity index (χ2v) is 8.86. The van der Waals surface area contributed by atoms with Gasteiger partial charge in [0, 0.05) is 17.7 Å². The van der Waals surface area contributed by atoms with Crippen LogP contribution < -0.4 is 10.2 Å². The first kappa shape index (κ1) is 23.1. The number of ether oxygens (including phenoxy) is 1. The third-order valence-corrected chi connectivity index (χ3v) is 5.92.